The largest absolute Gasteiger partial charge is 0.347 e. The van der Waals surface area contributed by atoms with Gasteiger partial charge < -0.3 is 10.6 Å². The van der Waals surface area contributed by atoms with Crippen molar-refractivity contribution in [3.8, 4) is 0 Å². The van der Waals surface area contributed by atoms with E-state index < -0.39 is 0 Å². The normalized spacial score (nSPS) is 27.2. The molecule has 2 atom stereocenters. The number of benzene rings is 1. The smallest absolute Gasteiger partial charge is 0.253 e. The van der Waals surface area contributed by atoms with Gasteiger partial charge in [0.1, 0.15) is 0 Å². The first kappa shape index (κ1) is 10.4. The minimum absolute atomic E-state index is 0.118. The van der Waals surface area contributed by atoms with Crippen LogP contribution in [0.3, 0.4) is 0 Å². The Hall–Kier alpha value is -0.770. The SMILES string of the molecule is O=C1N[C@@H]2CNC[C@H]2c2ccc(Cl)c(Cl)c21. The molecule has 0 unspecified atom stereocenters. The third kappa shape index (κ3) is 1.35. The van der Waals surface area contributed by atoms with Gasteiger partial charge in [0.2, 0.25) is 0 Å². The maximum absolute atomic E-state index is 11.9. The van der Waals surface area contributed by atoms with Crippen LogP contribution in [0.2, 0.25) is 10.0 Å². The van der Waals surface area contributed by atoms with E-state index in [1.54, 1.807) is 6.07 Å². The second kappa shape index (κ2) is 3.62. The topological polar surface area (TPSA) is 41.1 Å². The number of halogens is 2. The van der Waals surface area contributed by atoms with Gasteiger partial charge in [-0.2, -0.15) is 0 Å². The van der Waals surface area contributed by atoms with Crippen molar-refractivity contribution in [2.24, 2.45) is 0 Å². The average Bonchev–Trinajstić information content (AvgIpc) is 2.70. The van der Waals surface area contributed by atoms with Crippen LogP contribution in [0, 0.1) is 0 Å². The van der Waals surface area contributed by atoms with Crippen molar-refractivity contribution < 1.29 is 4.79 Å². The van der Waals surface area contributed by atoms with Crippen molar-refractivity contribution in [3.05, 3.63) is 33.3 Å². The Morgan fingerprint density at radius 3 is 2.88 bits per heavy atom. The summed E-state index contributed by atoms with van der Waals surface area (Å²) < 4.78 is 0. The van der Waals surface area contributed by atoms with Crippen LogP contribution in [0.4, 0.5) is 0 Å². The highest BCUT2D eigenvalue weighted by molar-refractivity contribution is 6.44. The molecule has 2 aliphatic heterocycles. The molecule has 3 nitrogen and oxygen atoms in total. The molecule has 5 heteroatoms. The van der Waals surface area contributed by atoms with Gasteiger partial charge in [-0.05, 0) is 11.6 Å². The van der Waals surface area contributed by atoms with Gasteiger partial charge in [-0.15, -0.1) is 0 Å². The molecule has 0 bridgehead atoms. The zero-order valence-electron chi connectivity index (χ0n) is 8.39. The van der Waals surface area contributed by atoms with Gasteiger partial charge in [0.05, 0.1) is 15.6 Å². The molecule has 2 aliphatic rings. The lowest BCUT2D eigenvalue weighted by Gasteiger charge is -2.28. The number of hydrogen-bond donors (Lipinski definition) is 2. The van der Waals surface area contributed by atoms with Crippen molar-refractivity contribution in [3.63, 3.8) is 0 Å². The Balaban J connectivity index is 2.20. The molecule has 3 rings (SSSR count). The Labute approximate surface area is 103 Å². The van der Waals surface area contributed by atoms with E-state index in [0.717, 1.165) is 18.7 Å². The Morgan fingerprint density at radius 1 is 1.25 bits per heavy atom. The summed E-state index contributed by atoms with van der Waals surface area (Å²) in [6.45, 7) is 1.69. The second-order valence-electron chi connectivity index (χ2n) is 4.17. The number of rotatable bonds is 0. The third-order valence-electron chi connectivity index (χ3n) is 3.28. The van der Waals surface area contributed by atoms with Gasteiger partial charge in [-0.1, -0.05) is 29.3 Å². The molecule has 0 aliphatic carbocycles. The van der Waals surface area contributed by atoms with E-state index in [1.807, 2.05) is 6.07 Å². The quantitative estimate of drug-likeness (QED) is 0.744. The Morgan fingerprint density at radius 2 is 2.06 bits per heavy atom. The highest BCUT2D eigenvalue weighted by Crippen LogP contribution is 2.37. The molecule has 0 radical (unpaired) electrons. The summed E-state index contributed by atoms with van der Waals surface area (Å²) >= 11 is 12.0. The van der Waals surface area contributed by atoms with Crippen molar-refractivity contribution >= 4 is 29.1 Å². The summed E-state index contributed by atoms with van der Waals surface area (Å²) in [6, 6.07) is 3.85. The first-order valence-electron chi connectivity index (χ1n) is 5.18. The van der Waals surface area contributed by atoms with Crippen LogP contribution in [0.5, 0.6) is 0 Å². The average molecular weight is 257 g/mol. The van der Waals surface area contributed by atoms with Crippen molar-refractivity contribution in [2.45, 2.75) is 12.0 Å². The first-order chi connectivity index (χ1) is 7.68. The molecule has 1 amide bonds. The minimum atomic E-state index is -0.118. The third-order valence-corrected chi connectivity index (χ3v) is 4.09. The Bertz CT molecular complexity index is 475. The zero-order valence-corrected chi connectivity index (χ0v) is 9.90. The number of hydrogen-bond acceptors (Lipinski definition) is 2. The maximum Gasteiger partial charge on any atom is 0.253 e. The molecule has 1 aromatic carbocycles. The number of carbonyl (C=O) groups excluding carboxylic acids is 1. The fourth-order valence-electron chi connectivity index (χ4n) is 2.50. The summed E-state index contributed by atoms with van der Waals surface area (Å²) in [5.74, 6) is 0.190. The van der Waals surface area contributed by atoms with Crippen molar-refractivity contribution in [1.82, 2.24) is 10.6 Å². The molecule has 0 spiro atoms. The summed E-state index contributed by atoms with van der Waals surface area (Å²) in [7, 11) is 0. The number of fused-ring (bicyclic) bond motifs is 3. The predicted octanol–water partition coefficient (Wildman–Crippen LogP) is 1.79. The van der Waals surface area contributed by atoms with Crippen LogP contribution in [0.25, 0.3) is 0 Å². The molecular weight excluding hydrogens is 247 g/mol. The van der Waals surface area contributed by atoms with Crippen LogP contribution in [0.1, 0.15) is 21.8 Å². The summed E-state index contributed by atoms with van der Waals surface area (Å²) in [6.07, 6.45) is 0. The molecule has 1 fully saturated rings. The van der Waals surface area contributed by atoms with Crippen LogP contribution in [-0.4, -0.2) is 25.0 Å². The van der Waals surface area contributed by atoms with Crippen LogP contribution < -0.4 is 10.6 Å². The molecule has 0 aromatic heterocycles. The lowest BCUT2D eigenvalue weighted by atomic mass is 9.86. The van der Waals surface area contributed by atoms with Gasteiger partial charge in [-0.3, -0.25) is 4.79 Å². The fraction of sp³-hybridized carbons (Fsp3) is 0.364. The summed E-state index contributed by atoms with van der Waals surface area (Å²) in [4.78, 5) is 11.9. The first-order valence-corrected chi connectivity index (χ1v) is 5.93. The Kier molecular flexibility index (Phi) is 2.35. The van der Waals surface area contributed by atoms with Crippen molar-refractivity contribution in [2.75, 3.05) is 13.1 Å². The number of nitrogens with one attached hydrogen (secondary N) is 2. The van der Waals surface area contributed by atoms with Gasteiger partial charge in [0, 0.05) is 25.0 Å². The summed E-state index contributed by atoms with van der Waals surface area (Å²) in [5.41, 5.74) is 1.55. The minimum Gasteiger partial charge on any atom is -0.347 e. The maximum atomic E-state index is 11.9. The van der Waals surface area contributed by atoms with Gasteiger partial charge in [-0.25, -0.2) is 0 Å². The van der Waals surface area contributed by atoms with Crippen LogP contribution >= 0.6 is 23.2 Å². The zero-order chi connectivity index (χ0) is 11.3. The predicted molar refractivity (Wildman–Crippen MR) is 63.3 cm³/mol. The molecule has 2 heterocycles. The van der Waals surface area contributed by atoms with Gasteiger partial charge in [0.15, 0.2) is 0 Å². The lowest BCUT2D eigenvalue weighted by Crippen LogP contribution is -2.44. The molecule has 1 aromatic rings. The number of amides is 1. The second-order valence-corrected chi connectivity index (χ2v) is 4.96. The van der Waals surface area contributed by atoms with E-state index in [2.05, 4.69) is 10.6 Å². The van der Waals surface area contributed by atoms with Crippen LogP contribution in [0.15, 0.2) is 12.1 Å². The van der Waals surface area contributed by atoms with Crippen LogP contribution in [-0.2, 0) is 0 Å². The van der Waals surface area contributed by atoms with E-state index in [9.17, 15) is 4.79 Å². The molecule has 16 heavy (non-hydrogen) atoms. The van der Waals surface area contributed by atoms with E-state index in [4.69, 9.17) is 23.2 Å². The van der Waals surface area contributed by atoms with Gasteiger partial charge in [0.25, 0.3) is 5.91 Å². The highest BCUT2D eigenvalue weighted by Gasteiger charge is 2.38. The van der Waals surface area contributed by atoms with Crippen molar-refractivity contribution in [1.29, 1.82) is 0 Å². The van der Waals surface area contributed by atoms with E-state index in [1.165, 1.54) is 0 Å². The molecule has 84 valence electrons. The fourth-order valence-corrected chi connectivity index (χ4v) is 2.92. The van der Waals surface area contributed by atoms with E-state index in [0.29, 0.717) is 21.5 Å². The van der Waals surface area contributed by atoms with E-state index in [-0.39, 0.29) is 11.9 Å². The summed E-state index contributed by atoms with van der Waals surface area (Å²) in [5, 5.41) is 7.02. The highest BCUT2D eigenvalue weighted by atomic mass is 35.5. The number of carbonyl (C=O) groups is 1. The van der Waals surface area contributed by atoms with Gasteiger partial charge >= 0.3 is 0 Å². The monoisotopic (exact) mass is 256 g/mol. The lowest BCUT2D eigenvalue weighted by molar-refractivity contribution is 0.0924. The standard InChI is InChI=1S/C11H10Cl2N2O/c12-7-2-1-5-6-3-14-4-8(6)15-11(16)9(5)10(7)13/h1-2,6,8,14H,3-4H2,(H,15,16)/t6-,8+/m0/s1. The van der Waals surface area contributed by atoms with E-state index >= 15 is 0 Å². The molecule has 2 N–H and O–H groups in total. The molecule has 1 saturated heterocycles. The molecular formula is C11H10Cl2N2O. The molecule has 0 saturated carbocycles.